The highest BCUT2D eigenvalue weighted by atomic mass is 35.5. The number of benzene rings is 3. The number of fused-ring (bicyclic) bond motifs is 1. The van der Waals surface area contributed by atoms with Gasteiger partial charge in [-0.25, -0.2) is 4.98 Å². The largest absolute Gasteiger partial charge is 0.484 e. The molecule has 0 bridgehead atoms. The number of thioether (sulfide) groups is 1. The Kier molecular flexibility index (Phi) is 6.54. The van der Waals surface area contributed by atoms with Gasteiger partial charge in [0.2, 0.25) is 0 Å². The van der Waals surface area contributed by atoms with Crippen LogP contribution >= 0.6 is 46.6 Å². The van der Waals surface area contributed by atoms with Crippen LogP contribution in [0.3, 0.4) is 0 Å². The lowest BCUT2D eigenvalue weighted by Gasteiger charge is -2.10. The third-order valence-corrected chi connectivity index (χ3v) is 6.15. The van der Waals surface area contributed by atoms with Gasteiger partial charge in [-0.3, -0.25) is 9.36 Å². The summed E-state index contributed by atoms with van der Waals surface area (Å²) < 4.78 is 7.23. The number of halogens is 3. The molecule has 0 aliphatic carbocycles. The summed E-state index contributed by atoms with van der Waals surface area (Å²) in [7, 11) is 0. The molecule has 8 heteroatoms. The molecule has 0 saturated carbocycles. The molecule has 30 heavy (non-hydrogen) atoms. The van der Waals surface area contributed by atoms with Gasteiger partial charge in [0.05, 0.1) is 11.0 Å². The van der Waals surface area contributed by atoms with Gasteiger partial charge in [0.25, 0.3) is 5.91 Å². The molecule has 4 aromatic rings. The molecule has 0 atom stereocenters. The van der Waals surface area contributed by atoms with Crippen LogP contribution in [0.5, 0.6) is 5.75 Å². The Balaban J connectivity index is 1.57. The third kappa shape index (κ3) is 4.76. The van der Waals surface area contributed by atoms with Gasteiger partial charge in [0.15, 0.2) is 11.8 Å². The summed E-state index contributed by atoms with van der Waals surface area (Å²) in [6.45, 7) is -0.128. The number of nitrogens with zero attached hydrogens (tertiary/aromatic N) is 2. The third-order valence-electron chi connectivity index (χ3n) is 4.33. The van der Waals surface area contributed by atoms with Crippen molar-refractivity contribution in [2.45, 2.75) is 10.9 Å². The van der Waals surface area contributed by atoms with E-state index in [1.54, 1.807) is 41.0 Å². The number of hydrogen-bond acceptors (Lipinski definition) is 4. The van der Waals surface area contributed by atoms with Crippen LogP contribution in [0.2, 0.25) is 15.1 Å². The summed E-state index contributed by atoms with van der Waals surface area (Å²) in [5.74, 6) is 0.896. The second kappa shape index (κ2) is 9.31. The van der Waals surface area contributed by atoms with Crippen LogP contribution in [0, 0.1) is 0 Å². The standard InChI is InChI=1S/C22H15Cl3N2O2S/c23-15-7-9-17(10-8-15)29-12-21(28)27-20-4-2-1-3-19(20)26-22(27)30-13-14-5-6-16(24)11-18(14)25/h1-11H,12-13H2. The highest BCUT2D eigenvalue weighted by Gasteiger charge is 2.18. The molecular weight excluding hydrogens is 463 g/mol. The van der Waals surface area contributed by atoms with Gasteiger partial charge in [0.1, 0.15) is 5.75 Å². The van der Waals surface area contributed by atoms with E-state index in [1.807, 2.05) is 30.3 Å². The second-order valence-electron chi connectivity index (χ2n) is 6.38. The number of aromatic nitrogens is 2. The van der Waals surface area contributed by atoms with Gasteiger partial charge >= 0.3 is 0 Å². The van der Waals surface area contributed by atoms with E-state index in [4.69, 9.17) is 39.5 Å². The van der Waals surface area contributed by atoms with Gasteiger partial charge < -0.3 is 4.74 Å². The summed E-state index contributed by atoms with van der Waals surface area (Å²) in [6, 6.07) is 19.7. The number of ether oxygens (including phenoxy) is 1. The molecule has 0 fully saturated rings. The maximum atomic E-state index is 13.0. The van der Waals surface area contributed by atoms with Crippen LogP contribution in [0.25, 0.3) is 11.0 Å². The molecule has 1 heterocycles. The minimum Gasteiger partial charge on any atom is -0.484 e. The van der Waals surface area contributed by atoms with Crippen LogP contribution in [-0.2, 0) is 5.75 Å². The minimum atomic E-state index is -0.219. The highest BCUT2D eigenvalue weighted by Crippen LogP contribution is 2.30. The Morgan fingerprint density at radius 1 is 0.967 bits per heavy atom. The monoisotopic (exact) mass is 476 g/mol. The molecule has 0 aliphatic rings. The maximum absolute atomic E-state index is 13.0. The van der Waals surface area contributed by atoms with Crippen LogP contribution in [-0.4, -0.2) is 22.1 Å². The lowest BCUT2D eigenvalue weighted by Crippen LogP contribution is -2.20. The predicted molar refractivity (Wildman–Crippen MR) is 123 cm³/mol. The van der Waals surface area contributed by atoms with E-state index in [9.17, 15) is 4.79 Å². The molecule has 0 N–H and O–H groups in total. The van der Waals surface area contributed by atoms with Crippen molar-refractivity contribution < 1.29 is 9.53 Å². The first kappa shape index (κ1) is 21.1. The van der Waals surface area contributed by atoms with Gasteiger partial charge in [-0.05, 0) is 54.1 Å². The van der Waals surface area contributed by atoms with Crippen molar-refractivity contribution in [1.29, 1.82) is 0 Å². The molecule has 0 spiro atoms. The number of para-hydroxylation sites is 2. The smallest absolute Gasteiger partial charge is 0.271 e. The SMILES string of the molecule is O=C(COc1ccc(Cl)cc1)n1c(SCc2ccc(Cl)cc2Cl)nc2ccccc21. The average molecular weight is 478 g/mol. The van der Waals surface area contributed by atoms with Crippen molar-refractivity contribution in [2.75, 3.05) is 6.61 Å². The minimum absolute atomic E-state index is 0.128. The number of rotatable bonds is 6. The van der Waals surface area contributed by atoms with E-state index in [1.165, 1.54) is 11.8 Å². The van der Waals surface area contributed by atoms with Crippen molar-refractivity contribution in [3.05, 3.63) is 87.4 Å². The molecule has 0 aliphatic heterocycles. The zero-order valence-electron chi connectivity index (χ0n) is 15.5. The Hall–Kier alpha value is -2.18. The number of hydrogen-bond donors (Lipinski definition) is 0. The van der Waals surface area contributed by atoms with Crippen LogP contribution in [0.4, 0.5) is 0 Å². The normalized spacial score (nSPS) is 11.0. The fraction of sp³-hybridized carbons (Fsp3) is 0.0909. The van der Waals surface area contributed by atoms with Crippen molar-refractivity contribution >= 4 is 63.5 Å². The van der Waals surface area contributed by atoms with Crippen LogP contribution in [0.1, 0.15) is 10.4 Å². The molecule has 0 unspecified atom stereocenters. The lowest BCUT2D eigenvalue weighted by molar-refractivity contribution is 0.0832. The van der Waals surface area contributed by atoms with E-state index >= 15 is 0 Å². The highest BCUT2D eigenvalue weighted by molar-refractivity contribution is 7.98. The summed E-state index contributed by atoms with van der Waals surface area (Å²) >= 11 is 19.6. The molecule has 0 radical (unpaired) electrons. The van der Waals surface area contributed by atoms with Gasteiger partial charge in [0, 0.05) is 20.8 Å². The zero-order valence-corrected chi connectivity index (χ0v) is 18.6. The Bertz CT molecular complexity index is 1210. The molecule has 152 valence electrons. The molecular formula is C22H15Cl3N2O2S. The fourth-order valence-electron chi connectivity index (χ4n) is 2.86. The molecule has 0 saturated heterocycles. The summed E-state index contributed by atoms with van der Waals surface area (Å²) in [4.78, 5) is 17.6. The van der Waals surface area contributed by atoms with E-state index < -0.39 is 0 Å². The van der Waals surface area contributed by atoms with Gasteiger partial charge in [-0.15, -0.1) is 0 Å². The van der Waals surface area contributed by atoms with Gasteiger partial charge in [-0.2, -0.15) is 0 Å². The number of carbonyl (C=O) groups excluding carboxylic acids is 1. The topological polar surface area (TPSA) is 44.1 Å². The van der Waals surface area contributed by atoms with E-state index in [0.717, 1.165) is 16.6 Å². The average Bonchev–Trinajstić information content (AvgIpc) is 3.11. The quantitative estimate of drug-likeness (QED) is 0.280. The second-order valence-corrected chi connectivity index (χ2v) is 8.60. The van der Waals surface area contributed by atoms with E-state index in [0.29, 0.717) is 31.7 Å². The Labute approximate surface area is 192 Å². The summed E-state index contributed by atoms with van der Waals surface area (Å²) in [5, 5.41) is 2.34. The Morgan fingerprint density at radius 2 is 1.70 bits per heavy atom. The van der Waals surface area contributed by atoms with Crippen molar-refractivity contribution in [3.63, 3.8) is 0 Å². The molecule has 0 amide bonds. The molecule has 1 aromatic heterocycles. The first-order valence-corrected chi connectivity index (χ1v) is 11.1. The van der Waals surface area contributed by atoms with Crippen LogP contribution < -0.4 is 4.74 Å². The van der Waals surface area contributed by atoms with Crippen LogP contribution in [0.15, 0.2) is 71.9 Å². The molecule has 4 nitrogen and oxygen atoms in total. The number of imidazole rings is 1. The van der Waals surface area contributed by atoms with Crippen molar-refractivity contribution in [3.8, 4) is 5.75 Å². The van der Waals surface area contributed by atoms with E-state index in [-0.39, 0.29) is 12.5 Å². The van der Waals surface area contributed by atoms with Crippen molar-refractivity contribution in [2.24, 2.45) is 0 Å². The molecule has 4 rings (SSSR count). The maximum Gasteiger partial charge on any atom is 0.271 e. The first-order chi connectivity index (χ1) is 14.5. The van der Waals surface area contributed by atoms with E-state index in [2.05, 4.69) is 4.98 Å². The lowest BCUT2D eigenvalue weighted by atomic mass is 10.2. The van der Waals surface area contributed by atoms with Gasteiger partial charge in [-0.1, -0.05) is 64.8 Å². The fourth-order valence-corrected chi connectivity index (χ4v) is 4.57. The molecule has 3 aromatic carbocycles. The summed E-state index contributed by atoms with van der Waals surface area (Å²) in [5.41, 5.74) is 2.38. The number of carbonyl (C=O) groups is 1. The predicted octanol–water partition coefficient (Wildman–Crippen LogP) is 7.01. The zero-order chi connectivity index (χ0) is 21.1. The summed E-state index contributed by atoms with van der Waals surface area (Å²) in [6.07, 6.45) is 0. The Morgan fingerprint density at radius 3 is 2.47 bits per heavy atom. The van der Waals surface area contributed by atoms with Crippen molar-refractivity contribution in [1.82, 2.24) is 9.55 Å². The first-order valence-electron chi connectivity index (χ1n) is 8.97.